The summed E-state index contributed by atoms with van der Waals surface area (Å²) in [5.74, 6) is 1.98. The molecule has 4 rings (SSSR count). The Balaban J connectivity index is 1.60. The van der Waals surface area contributed by atoms with E-state index in [0.29, 0.717) is 30.2 Å². The Morgan fingerprint density at radius 2 is 2.13 bits per heavy atom. The van der Waals surface area contributed by atoms with Crippen LogP contribution in [0.5, 0.6) is 11.5 Å². The molecule has 0 aliphatic heterocycles. The first-order valence-electron chi connectivity index (χ1n) is 10.5. The Hall–Kier alpha value is -3.06. The second-order valence-corrected chi connectivity index (χ2v) is 8.34. The van der Waals surface area contributed by atoms with E-state index >= 15 is 0 Å². The predicted octanol–water partition coefficient (Wildman–Crippen LogP) is 5.31. The second-order valence-electron chi connectivity index (χ2n) is 7.25. The number of nitrogens with zero attached hydrogens (tertiary/aromatic N) is 1. The zero-order valence-corrected chi connectivity index (χ0v) is 18.6. The van der Waals surface area contributed by atoms with Gasteiger partial charge in [-0.1, -0.05) is 0 Å². The van der Waals surface area contributed by atoms with Gasteiger partial charge in [-0.2, -0.15) is 0 Å². The average molecular weight is 439 g/mol. The number of methoxy groups -OCH3 is 1. The molecule has 1 amide bonds. The summed E-state index contributed by atoms with van der Waals surface area (Å²) in [5.41, 5.74) is 2.72. The summed E-state index contributed by atoms with van der Waals surface area (Å²) in [6, 6.07) is 9.36. The number of thiophene rings is 1. The second kappa shape index (κ2) is 9.83. The molecule has 162 valence electrons. The molecule has 0 atom stereocenters. The normalized spacial score (nSPS) is 13.2. The van der Waals surface area contributed by atoms with Crippen molar-refractivity contribution in [3.63, 3.8) is 0 Å². The molecule has 1 aliphatic carbocycles. The number of hydrogen-bond donors (Lipinski definition) is 1. The van der Waals surface area contributed by atoms with Gasteiger partial charge in [0.1, 0.15) is 10.8 Å². The van der Waals surface area contributed by atoms with Crippen LogP contribution in [0.15, 0.2) is 46.0 Å². The lowest BCUT2D eigenvalue weighted by atomic mass is 9.95. The van der Waals surface area contributed by atoms with Gasteiger partial charge < -0.3 is 19.2 Å². The quantitative estimate of drug-likeness (QED) is 0.484. The van der Waals surface area contributed by atoms with Gasteiger partial charge in [-0.05, 0) is 74.1 Å². The number of fused-ring (bicyclic) bond motifs is 1. The van der Waals surface area contributed by atoms with E-state index in [1.807, 2.05) is 37.3 Å². The Kier molecular flexibility index (Phi) is 6.72. The summed E-state index contributed by atoms with van der Waals surface area (Å²) >= 11 is 1.62. The highest BCUT2D eigenvalue weighted by Crippen LogP contribution is 2.40. The summed E-state index contributed by atoms with van der Waals surface area (Å²) < 4.78 is 16.3. The molecule has 1 aliphatic rings. The minimum Gasteiger partial charge on any atom is -0.493 e. The van der Waals surface area contributed by atoms with Crippen LogP contribution in [0.3, 0.4) is 0 Å². The van der Waals surface area contributed by atoms with E-state index in [2.05, 4.69) is 5.32 Å². The van der Waals surface area contributed by atoms with Crippen LogP contribution in [0, 0.1) is 0 Å². The van der Waals surface area contributed by atoms with Gasteiger partial charge in [-0.3, -0.25) is 4.79 Å². The third kappa shape index (κ3) is 4.82. The molecule has 0 spiro atoms. The summed E-state index contributed by atoms with van der Waals surface area (Å²) in [4.78, 5) is 19.0. The van der Waals surface area contributed by atoms with Crippen molar-refractivity contribution in [3.8, 4) is 11.5 Å². The predicted molar refractivity (Wildman–Crippen MR) is 122 cm³/mol. The highest BCUT2D eigenvalue weighted by molar-refractivity contribution is 7.16. The van der Waals surface area contributed by atoms with Crippen LogP contribution in [0.2, 0.25) is 0 Å². The first-order chi connectivity index (χ1) is 15.2. The molecule has 7 heteroatoms. The topological polar surface area (TPSA) is 73.1 Å². The molecule has 0 fully saturated rings. The maximum absolute atomic E-state index is 13.1. The zero-order chi connectivity index (χ0) is 21.6. The number of hydrogen-bond acceptors (Lipinski definition) is 6. The number of rotatable bonds is 8. The van der Waals surface area contributed by atoms with Crippen molar-refractivity contribution in [2.45, 2.75) is 39.2 Å². The number of benzene rings is 1. The number of aliphatic imine (C=N–C) groups is 1. The molecular weight excluding hydrogens is 412 g/mol. The molecule has 1 N–H and O–H groups in total. The lowest BCUT2D eigenvalue weighted by molar-refractivity contribution is 0.0948. The Labute approximate surface area is 185 Å². The molecule has 0 saturated heterocycles. The third-order valence-electron chi connectivity index (χ3n) is 5.20. The van der Waals surface area contributed by atoms with E-state index in [-0.39, 0.29) is 5.91 Å². The molecule has 0 bridgehead atoms. The van der Waals surface area contributed by atoms with Gasteiger partial charge in [0.2, 0.25) is 0 Å². The van der Waals surface area contributed by atoms with Crippen LogP contribution in [0.4, 0.5) is 5.00 Å². The van der Waals surface area contributed by atoms with Crippen molar-refractivity contribution < 1.29 is 18.7 Å². The molecule has 1 aromatic carbocycles. The van der Waals surface area contributed by atoms with Crippen LogP contribution < -0.4 is 14.8 Å². The van der Waals surface area contributed by atoms with E-state index < -0.39 is 0 Å². The van der Waals surface area contributed by atoms with Crippen LogP contribution >= 0.6 is 11.3 Å². The van der Waals surface area contributed by atoms with Crippen molar-refractivity contribution in [2.75, 3.05) is 13.7 Å². The number of amides is 1. The minimum absolute atomic E-state index is 0.104. The number of ether oxygens (including phenoxy) is 2. The number of carbonyl (C=O) groups excluding carboxylic acids is 1. The van der Waals surface area contributed by atoms with Crippen molar-refractivity contribution >= 4 is 28.5 Å². The lowest BCUT2D eigenvalue weighted by Gasteiger charge is -2.12. The molecular formula is C24H26N2O4S. The molecule has 2 heterocycles. The lowest BCUT2D eigenvalue weighted by Crippen LogP contribution is -2.23. The van der Waals surface area contributed by atoms with Crippen LogP contribution in [-0.4, -0.2) is 25.8 Å². The fourth-order valence-corrected chi connectivity index (χ4v) is 4.95. The maximum Gasteiger partial charge on any atom is 0.255 e. The van der Waals surface area contributed by atoms with E-state index in [4.69, 9.17) is 18.9 Å². The molecule has 0 saturated carbocycles. The average Bonchev–Trinajstić information content (AvgIpc) is 3.44. The van der Waals surface area contributed by atoms with Gasteiger partial charge in [0.15, 0.2) is 11.5 Å². The zero-order valence-electron chi connectivity index (χ0n) is 17.8. The van der Waals surface area contributed by atoms with Gasteiger partial charge in [-0.15, -0.1) is 11.3 Å². The first kappa shape index (κ1) is 21.2. The van der Waals surface area contributed by atoms with Crippen molar-refractivity contribution in [3.05, 3.63) is 63.9 Å². The monoisotopic (exact) mass is 438 g/mol. The summed E-state index contributed by atoms with van der Waals surface area (Å²) in [6.45, 7) is 2.86. The molecule has 2 aromatic heterocycles. The van der Waals surface area contributed by atoms with Gasteiger partial charge in [0, 0.05) is 11.1 Å². The minimum atomic E-state index is -0.104. The van der Waals surface area contributed by atoms with Crippen LogP contribution in [0.25, 0.3) is 0 Å². The van der Waals surface area contributed by atoms with Crippen LogP contribution in [-0.2, 0) is 19.4 Å². The molecule has 6 nitrogen and oxygen atoms in total. The maximum atomic E-state index is 13.1. The Morgan fingerprint density at radius 1 is 1.26 bits per heavy atom. The Bertz CT molecular complexity index is 1070. The van der Waals surface area contributed by atoms with Gasteiger partial charge >= 0.3 is 0 Å². The SMILES string of the molecule is CCOc1ccc(C=Nc2sc3c(c2C(=O)NCc2ccco2)CCCC3)cc1OC. The van der Waals surface area contributed by atoms with E-state index in [1.54, 1.807) is 30.9 Å². The van der Waals surface area contributed by atoms with E-state index in [9.17, 15) is 4.79 Å². The molecule has 3 aromatic rings. The molecule has 31 heavy (non-hydrogen) atoms. The number of nitrogens with one attached hydrogen (secondary N) is 1. The van der Waals surface area contributed by atoms with Crippen molar-refractivity contribution in [1.82, 2.24) is 5.32 Å². The summed E-state index contributed by atoms with van der Waals surface area (Å²) in [6.07, 6.45) is 7.56. The highest BCUT2D eigenvalue weighted by atomic mass is 32.1. The summed E-state index contributed by atoms with van der Waals surface area (Å²) in [5, 5.41) is 3.73. The summed E-state index contributed by atoms with van der Waals surface area (Å²) in [7, 11) is 1.62. The molecule has 0 unspecified atom stereocenters. The first-order valence-corrected chi connectivity index (χ1v) is 11.3. The fourth-order valence-electron chi connectivity index (χ4n) is 3.72. The van der Waals surface area contributed by atoms with Crippen molar-refractivity contribution in [1.29, 1.82) is 0 Å². The third-order valence-corrected chi connectivity index (χ3v) is 6.40. The highest BCUT2D eigenvalue weighted by Gasteiger charge is 2.25. The number of carbonyl (C=O) groups is 1. The smallest absolute Gasteiger partial charge is 0.255 e. The van der Waals surface area contributed by atoms with Gasteiger partial charge in [0.25, 0.3) is 5.91 Å². The van der Waals surface area contributed by atoms with Crippen molar-refractivity contribution in [2.24, 2.45) is 4.99 Å². The number of furan rings is 1. The molecule has 0 radical (unpaired) electrons. The Morgan fingerprint density at radius 3 is 2.90 bits per heavy atom. The van der Waals surface area contributed by atoms with E-state index in [0.717, 1.165) is 47.6 Å². The van der Waals surface area contributed by atoms with E-state index in [1.165, 1.54) is 4.88 Å². The number of aryl methyl sites for hydroxylation is 1. The van der Waals surface area contributed by atoms with Crippen LogP contribution in [0.1, 0.15) is 51.9 Å². The van der Waals surface area contributed by atoms with Gasteiger partial charge in [0.05, 0.1) is 32.1 Å². The fraction of sp³-hybridized carbons (Fsp3) is 0.333. The van der Waals surface area contributed by atoms with Gasteiger partial charge in [-0.25, -0.2) is 4.99 Å². The standard InChI is InChI=1S/C24H26N2O4S/c1-3-29-19-11-10-16(13-20(19)28-2)14-26-24-22(18-8-4-5-9-21(18)31-24)23(27)25-15-17-7-6-12-30-17/h6-7,10-14H,3-5,8-9,15H2,1-2H3,(H,25,27). The largest absolute Gasteiger partial charge is 0.493 e.